The molecule has 0 spiro atoms. The first-order valence-corrected chi connectivity index (χ1v) is 4.60. The Labute approximate surface area is 85.9 Å². The normalized spacial score (nSPS) is 8.86. The fraction of sp³-hybridized carbons (Fsp3) is 0.417. The van der Waals surface area contributed by atoms with Gasteiger partial charge < -0.3 is 4.52 Å². The summed E-state index contributed by atoms with van der Waals surface area (Å²) in [6.07, 6.45) is 0. The van der Waals surface area contributed by atoms with Crippen molar-refractivity contribution in [1.82, 2.24) is 5.16 Å². The van der Waals surface area contributed by atoms with Gasteiger partial charge in [-0.25, -0.2) is 0 Å². The van der Waals surface area contributed by atoms with E-state index in [1.165, 1.54) is 5.56 Å². The molecule has 1 heterocycles. The van der Waals surface area contributed by atoms with Gasteiger partial charge in [0.1, 0.15) is 0 Å². The van der Waals surface area contributed by atoms with Crippen LogP contribution in [0, 0.1) is 13.8 Å². The van der Waals surface area contributed by atoms with E-state index in [1.807, 2.05) is 32.9 Å². The van der Waals surface area contributed by atoms with Gasteiger partial charge in [-0.2, -0.15) is 0 Å². The zero-order chi connectivity index (χ0) is 9.84. The lowest BCUT2D eigenvalue weighted by molar-refractivity contribution is 0.450. The first kappa shape index (κ1) is 12.7. The molecule has 78 valence electrons. The van der Waals surface area contributed by atoms with Gasteiger partial charge in [-0.15, -0.1) is 0 Å². The summed E-state index contributed by atoms with van der Waals surface area (Å²) in [6.45, 7) is 8.01. The van der Waals surface area contributed by atoms with Gasteiger partial charge >= 0.3 is 0 Å². The molecule has 2 heteroatoms. The highest BCUT2D eigenvalue weighted by Crippen LogP contribution is 2.18. The SMILES string of the molecule is C.CC.Cc1ccc2onc(C)c2c1. The molecule has 14 heavy (non-hydrogen) atoms. The van der Waals surface area contributed by atoms with Crippen molar-refractivity contribution < 1.29 is 4.52 Å². The van der Waals surface area contributed by atoms with Crippen LogP contribution in [0.2, 0.25) is 0 Å². The molecule has 0 unspecified atom stereocenters. The number of aromatic nitrogens is 1. The van der Waals surface area contributed by atoms with Crippen LogP contribution in [-0.2, 0) is 0 Å². The summed E-state index contributed by atoms with van der Waals surface area (Å²) < 4.78 is 5.05. The molecule has 0 bridgehead atoms. The average molecular weight is 193 g/mol. The van der Waals surface area contributed by atoms with Crippen molar-refractivity contribution in [1.29, 1.82) is 0 Å². The highest BCUT2D eigenvalue weighted by atomic mass is 16.5. The van der Waals surface area contributed by atoms with E-state index in [4.69, 9.17) is 4.52 Å². The molecule has 0 radical (unpaired) electrons. The lowest BCUT2D eigenvalue weighted by atomic mass is 10.1. The quantitative estimate of drug-likeness (QED) is 0.629. The molecule has 2 nitrogen and oxygen atoms in total. The molecule has 2 rings (SSSR count). The van der Waals surface area contributed by atoms with Crippen LogP contribution in [0.1, 0.15) is 32.5 Å². The maximum atomic E-state index is 5.05. The standard InChI is InChI=1S/C9H9NO.C2H6.CH4/c1-6-3-4-9-8(5-6)7(2)10-11-9;1-2;/h3-5H,1-2H3;1-2H3;1H4. The Morgan fingerprint density at radius 1 is 1.14 bits per heavy atom. The summed E-state index contributed by atoms with van der Waals surface area (Å²) in [5.41, 5.74) is 3.07. The van der Waals surface area contributed by atoms with Gasteiger partial charge in [-0.1, -0.05) is 38.1 Å². The average Bonchev–Trinajstić information content (AvgIpc) is 2.52. The third kappa shape index (κ3) is 2.34. The molecule has 0 saturated carbocycles. The second kappa shape index (κ2) is 5.43. The van der Waals surface area contributed by atoms with E-state index in [9.17, 15) is 0 Å². The highest BCUT2D eigenvalue weighted by Gasteiger charge is 2.01. The van der Waals surface area contributed by atoms with E-state index in [2.05, 4.69) is 18.1 Å². The minimum absolute atomic E-state index is 0. The molecular weight excluding hydrogens is 174 g/mol. The Hall–Kier alpha value is -1.31. The lowest BCUT2D eigenvalue weighted by Crippen LogP contribution is -1.72. The maximum Gasteiger partial charge on any atom is 0.167 e. The smallest absolute Gasteiger partial charge is 0.167 e. The maximum absolute atomic E-state index is 5.05. The van der Waals surface area contributed by atoms with Gasteiger partial charge in [0.15, 0.2) is 5.58 Å². The molecule has 1 aromatic heterocycles. The Bertz CT molecular complexity index is 390. The van der Waals surface area contributed by atoms with Crippen molar-refractivity contribution in [3.05, 3.63) is 29.5 Å². The van der Waals surface area contributed by atoms with E-state index in [0.29, 0.717) is 0 Å². The van der Waals surface area contributed by atoms with Gasteiger partial charge in [-0.3, -0.25) is 0 Å². The molecule has 0 amide bonds. The topological polar surface area (TPSA) is 26.0 Å². The van der Waals surface area contributed by atoms with Gasteiger partial charge in [0.05, 0.1) is 5.69 Å². The molecule has 0 aliphatic rings. The number of aryl methyl sites for hydroxylation is 2. The Balaban J connectivity index is 0.000000531. The number of nitrogens with zero attached hydrogens (tertiary/aromatic N) is 1. The number of hydrogen-bond donors (Lipinski definition) is 0. The summed E-state index contributed by atoms with van der Waals surface area (Å²) in [7, 11) is 0. The van der Waals surface area contributed by atoms with Gasteiger partial charge in [0.25, 0.3) is 0 Å². The second-order valence-electron chi connectivity index (χ2n) is 2.77. The summed E-state index contributed by atoms with van der Waals surface area (Å²) in [5.74, 6) is 0. The molecule has 0 N–H and O–H groups in total. The molecule has 0 fully saturated rings. The Kier molecular flexibility index (Phi) is 4.92. The van der Waals surface area contributed by atoms with E-state index >= 15 is 0 Å². The second-order valence-corrected chi connectivity index (χ2v) is 2.77. The summed E-state index contributed by atoms with van der Waals surface area (Å²) >= 11 is 0. The van der Waals surface area contributed by atoms with Crippen LogP contribution in [0.15, 0.2) is 22.7 Å². The van der Waals surface area contributed by atoms with Crippen LogP contribution in [0.3, 0.4) is 0 Å². The predicted molar refractivity (Wildman–Crippen MR) is 61.6 cm³/mol. The van der Waals surface area contributed by atoms with E-state index < -0.39 is 0 Å². The first-order chi connectivity index (χ1) is 6.27. The van der Waals surface area contributed by atoms with Crippen LogP contribution in [0.5, 0.6) is 0 Å². The molecule has 0 saturated heterocycles. The molecule has 1 aromatic carbocycles. The van der Waals surface area contributed by atoms with Crippen LogP contribution in [0.4, 0.5) is 0 Å². The van der Waals surface area contributed by atoms with Crippen molar-refractivity contribution in [2.24, 2.45) is 0 Å². The van der Waals surface area contributed by atoms with Crippen molar-refractivity contribution in [2.75, 3.05) is 0 Å². The number of fused-ring (bicyclic) bond motifs is 1. The number of hydrogen-bond acceptors (Lipinski definition) is 2. The summed E-state index contributed by atoms with van der Waals surface area (Å²) in [4.78, 5) is 0. The zero-order valence-electron chi connectivity index (χ0n) is 8.59. The van der Waals surface area contributed by atoms with Gasteiger partial charge in [0, 0.05) is 5.39 Å². The summed E-state index contributed by atoms with van der Waals surface area (Å²) in [5, 5.41) is 4.98. The van der Waals surface area contributed by atoms with Crippen molar-refractivity contribution in [3.63, 3.8) is 0 Å². The third-order valence-corrected chi connectivity index (χ3v) is 1.81. The van der Waals surface area contributed by atoms with Gasteiger partial charge in [-0.05, 0) is 26.0 Å². The fourth-order valence-corrected chi connectivity index (χ4v) is 1.17. The van der Waals surface area contributed by atoms with Crippen molar-refractivity contribution in [3.8, 4) is 0 Å². The minimum atomic E-state index is 0. The first-order valence-electron chi connectivity index (χ1n) is 4.60. The molecule has 0 atom stereocenters. The number of benzene rings is 1. The molecule has 0 aliphatic carbocycles. The molecule has 2 aromatic rings. The number of rotatable bonds is 0. The molecule has 0 aliphatic heterocycles. The van der Waals surface area contributed by atoms with E-state index in [0.717, 1.165) is 16.7 Å². The van der Waals surface area contributed by atoms with Crippen molar-refractivity contribution in [2.45, 2.75) is 35.1 Å². The van der Waals surface area contributed by atoms with Crippen LogP contribution in [-0.4, -0.2) is 5.16 Å². The Morgan fingerprint density at radius 3 is 2.43 bits per heavy atom. The van der Waals surface area contributed by atoms with Crippen LogP contribution >= 0.6 is 0 Å². The third-order valence-electron chi connectivity index (χ3n) is 1.81. The highest BCUT2D eigenvalue weighted by molar-refractivity contribution is 5.79. The van der Waals surface area contributed by atoms with Gasteiger partial charge in [0.2, 0.25) is 0 Å². The predicted octanol–water partition coefficient (Wildman–Crippen LogP) is 4.11. The lowest BCUT2D eigenvalue weighted by Gasteiger charge is -1.89. The minimum Gasteiger partial charge on any atom is -0.356 e. The molecular formula is C12H19NO. The van der Waals surface area contributed by atoms with E-state index in [1.54, 1.807) is 0 Å². The van der Waals surface area contributed by atoms with Crippen LogP contribution < -0.4 is 0 Å². The van der Waals surface area contributed by atoms with Crippen molar-refractivity contribution >= 4 is 11.0 Å². The fourth-order valence-electron chi connectivity index (χ4n) is 1.17. The monoisotopic (exact) mass is 193 g/mol. The zero-order valence-corrected chi connectivity index (χ0v) is 8.59. The Morgan fingerprint density at radius 2 is 1.79 bits per heavy atom. The largest absolute Gasteiger partial charge is 0.356 e. The van der Waals surface area contributed by atoms with Crippen LogP contribution in [0.25, 0.3) is 11.0 Å². The van der Waals surface area contributed by atoms with E-state index in [-0.39, 0.29) is 7.43 Å². The summed E-state index contributed by atoms with van der Waals surface area (Å²) in [6, 6.07) is 6.05.